The molecular formula is C10H24O. The lowest BCUT2D eigenvalue weighted by atomic mass is 10.0. The zero-order valence-electron chi connectivity index (χ0n) is 8.65. The summed E-state index contributed by atoms with van der Waals surface area (Å²) in [4.78, 5) is 0. The van der Waals surface area contributed by atoms with Crippen molar-refractivity contribution in [3.63, 3.8) is 0 Å². The number of ether oxygens (including phenoxy) is 1. The molecular weight excluding hydrogens is 136 g/mol. The van der Waals surface area contributed by atoms with Crippen molar-refractivity contribution in [3.05, 3.63) is 0 Å². The molecule has 0 aliphatic heterocycles. The average Bonchev–Trinajstić information content (AvgIpc) is 2.12. The topological polar surface area (TPSA) is 9.23 Å². The van der Waals surface area contributed by atoms with Crippen LogP contribution in [-0.2, 0) is 4.74 Å². The van der Waals surface area contributed by atoms with E-state index in [0.717, 1.165) is 0 Å². The summed E-state index contributed by atoms with van der Waals surface area (Å²) in [5.41, 5.74) is 0. The predicted molar refractivity (Wildman–Crippen MR) is 52.0 cm³/mol. The first kappa shape index (κ1) is 13.5. The maximum atomic E-state index is 4.25. The van der Waals surface area contributed by atoms with E-state index < -0.39 is 0 Å². The highest BCUT2D eigenvalue weighted by Crippen LogP contribution is 2.15. The van der Waals surface area contributed by atoms with Gasteiger partial charge in [-0.3, -0.25) is 0 Å². The van der Waals surface area contributed by atoms with Crippen molar-refractivity contribution >= 4 is 0 Å². The third-order valence-corrected chi connectivity index (χ3v) is 1.50. The van der Waals surface area contributed by atoms with Gasteiger partial charge < -0.3 is 4.74 Å². The van der Waals surface area contributed by atoms with E-state index in [1.807, 2.05) is 13.8 Å². The van der Waals surface area contributed by atoms with Crippen LogP contribution in [0.4, 0.5) is 0 Å². The minimum atomic E-state index is 1.50. The van der Waals surface area contributed by atoms with E-state index in [1.165, 1.54) is 38.5 Å². The van der Waals surface area contributed by atoms with Crippen molar-refractivity contribution in [2.24, 2.45) is 0 Å². The second-order valence-corrected chi connectivity index (χ2v) is 2.53. The average molecular weight is 160 g/mol. The van der Waals surface area contributed by atoms with Crippen LogP contribution in [0.2, 0.25) is 0 Å². The first-order valence-corrected chi connectivity index (χ1v) is 4.82. The molecule has 1 fully saturated rings. The lowest BCUT2D eigenvalue weighted by Crippen LogP contribution is -1.85. The summed E-state index contributed by atoms with van der Waals surface area (Å²) >= 11 is 0. The Morgan fingerprint density at radius 1 is 0.636 bits per heavy atom. The molecule has 0 atom stereocenters. The van der Waals surface area contributed by atoms with Gasteiger partial charge in [-0.1, -0.05) is 52.4 Å². The molecule has 0 saturated heterocycles. The Morgan fingerprint density at radius 3 is 0.818 bits per heavy atom. The number of methoxy groups -OCH3 is 1. The molecule has 11 heavy (non-hydrogen) atoms. The summed E-state index contributed by atoms with van der Waals surface area (Å²) in [6.07, 6.45) is 9.00. The Hall–Kier alpha value is -0.0400. The Labute approximate surface area is 72.1 Å². The van der Waals surface area contributed by atoms with E-state index in [9.17, 15) is 0 Å². The third kappa shape index (κ3) is 17.8. The number of hydrogen-bond donors (Lipinski definition) is 0. The molecule has 0 aromatic heterocycles. The standard InChI is InChI=1S/C6H12.C2H6O.C2H6/c1-2-4-6-5-3-1;1-3-2;1-2/h1-6H2;1-2H3;1-2H3. The minimum absolute atomic E-state index is 1.50. The second kappa shape index (κ2) is 16.5. The van der Waals surface area contributed by atoms with Crippen LogP contribution < -0.4 is 0 Å². The van der Waals surface area contributed by atoms with Gasteiger partial charge in [0.1, 0.15) is 0 Å². The van der Waals surface area contributed by atoms with Gasteiger partial charge in [-0.2, -0.15) is 0 Å². The molecule has 1 aliphatic carbocycles. The quantitative estimate of drug-likeness (QED) is 0.526. The molecule has 1 rings (SSSR count). The van der Waals surface area contributed by atoms with Gasteiger partial charge in [0.2, 0.25) is 0 Å². The third-order valence-electron chi connectivity index (χ3n) is 1.50. The van der Waals surface area contributed by atoms with Crippen LogP contribution in [0.25, 0.3) is 0 Å². The van der Waals surface area contributed by atoms with Gasteiger partial charge >= 0.3 is 0 Å². The zero-order chi connectivity index (χ0) is 8.95. The van der Waals surface area contributed by atoms with Gasteiger partial charge in [0.05, 0.1) is 0 Å². The molecule has 1 heteroatoms. The van der Waals surface area contributed by atoms with Crippen molar-refractivity contribution < 1.29 is 4.74 Å². The highest BCUT2D eigenvalue weighted by molar-refractivity contribution is 4.51. The van der Waals surface area contributed by atoms with Crippen molar-refractivity contribution in [2.75, 3.05) is 14.2 Å². The maximum Gasteiger partial charge on any atom is 0.0351 e. The first-order valence-electron chi connectivity index (χ1n) is 4.82. The fourth-order valence-corrected chi connectivity index (χ4v) is 1.06. The minimum Gasteiger partial charge on any atom is -0.388 e. The summed E-state index contributed by atoms with van der Waals surface area (Å²) in [6.45, 7) is 4.00. The number of rotatable bonds is 0. The molecule has 0 aromatic carbocycles. The molecule has 70 valence electrons. The van der Waals surface area contributed by atoms with Crippen LogP contribution in [0.3, 0.4) is 0 Å². The highest BCUT2D eigenvalue weighted by Gasteiger charge is 1.95. The van der Waals surface area contributed by atoms with Gasteiger partial charge in [0, 0.05) is 14.2 Å². The largest absolute Gasteiger partial charge is 0.388 e. The van der Waals surface area contributed by atoms with Gasteiger partial charge in [-0.05, 0) is 0 Å². The molecule has 1 nitrogen and oxygen atoms in total. The van der Waals surface area contributed by atoms with Gasteiger partial charge in [-0.25, -0.2) is 0 Å². The second-order valence-electron chi connectivity index (χ2n) is 2.53. The van der Waals surface area contributed by atoms with E-state index in [4.69, 9.17) is 0 Å². The van der Waals surface area contributed by atoms with E-state index in [2.05, 4.69) is 4.74 Å². The predicted octanol–water partition coefficient (Wildman–Crippen LogP) is 3.63. The monoisotopic (exact) mass is 160 g/mol. The lowest BCUT2D eigenvalue weighted by molar-refractivity contribution is 0.277. The van der Waals surface area contributed by atoms with E-state index in [-0.39, 0.29) is 0 Å². The van der Waals surface area contributed by atoms with E-state index in [0.29, 0.717) is 0 Å². The maximum absolute atomic E-state index is 4.25. The first-order chi connectivity index (χ1) is 5.41. The van der Waals surface area contributed by atoms with E-state index >= 15 is 0 Å². The Balaban J connectivity index is 0. The Kier molecular flexibility index (Phi) is 20.3. The molecule has 0 aromatic rings. The summed E-state index contributed by atoms with van der Waals surface area (Å²) in [7, 11) is 3.25. The molecule has 0 amide bonds. The van der Waals surface area contributed by atoms with Gasteiger partial charge in [0.25, 0.3) is 0 Å². The van der Waals surface area contributed by atoms with Gasteiger partial charge in [0.15, 0.2) is 0 Å². The fraction of sp³-hybridized carbons (Fsp3) is 1.00. The van der Waals surface area contributed by atoms with Crippen LogP contribution in [-0.4, -0.2) is 14.2 Å². The fourth-order valence-electron chi connectivity index (χ4n) is 1.06. The number of hydrogen-bond acceptors (Lipinski definition) is 1. The molecule has 1 aliphatic rings. The van der Waals surface area contributed by atoms with Crippen molar-refractivity contribution in [1.29, 1.82) is 0 Å². The molecule has 0 unspecified atom stereocenters. The smallest absolute Gasteiger partial charge is 0.0351 e. The highest BCUT2D eigenvalue weighted by atomic mass is 16.4. The van der Waals surface area contributed by atoms with Crippen LogP contribution in [0, 0.1) is 0 Å². The normalized spacial score (nSPS) is 15.3. The summed E-state index contributed by atoms with van der Waals surface area (Å²) in [5.74, 6) is 0. The van der Waals surface area contributed by atoms with E-state index in [1.54, 1.807) is 14.2 Å². The molecule has 1 saturated carbocycles. The summed E-state index contributed by atoms with van der Waals surface area (Å²) < 4.78 is 4.25. The Bertz CT molecular complexity index is 28.6. The van der Waals surface area contributed by atoms with Crippen LogP contribution >= 0.6 is 0 Å². The molecule has 0 heterocycles. The van der Waals surface area contributed by atoms with Crippen LogP contribution in [0.1, 0.15) is 52.4 Å². The summed E-state index contributed by atoms with van der Waals surface area (Å²) in [6, 6.07) is 0. The van der Waals surface area contributed by atoms with Crippen LogP contribution in [0.5, 0.6) is 0 Å². The molecule has 0 N–H and O–H groups in total. The van der Waals surface area contributed by atoms with Crippen molar-refractivity contribution in [3.8, 4) is 0 Å². The van der Waals surface area contributed by atoms with Crippen molar-refractivity contribution in [2.45, 2.75) is 52.4 Å². The SMILES string of the molecule is C1CCCCC1.CC.COC. The summed E-state index contributed by atoms with van der Waals surface area (Å²) in [5, 5.41) is 0. The molecule has 0 radical (unpaired) electrons. The van der Waals surface area contributed by atoms with Crippen LogP contribution in [0.15, 0.2) is 0 Å². The zero-order valence-corrected chi connectivity index (χ0v) is 8.65. The Morgan fingerprint density at radius 2 is 0.727 bits per heavy atom. The molecule has 0 spiro atoms. The van der Waals surface area contributed by atoms with Gasteiger partial charge in [-0.15, -0.1) is 0 Å². The van der Waals surface area contributed by atoms with Crippen molar-refractivity contribution in [1.82, 2.24) is 0 Å². The molecule has 0 bridgehead atoms. The lowest BCUT2D eigenvalue weighted by Gasteiger charge is -2.05.